The number of aromatic nitrogens is 2. The van der Waals surface area contributed by atoms with Crippen LogP contribution in [0, 0.1) is 0 Å². The third-order valence-electron chi connectivity index (χ3n) is 3.56. The smallest absolute Gasteiger partial charge is 0.338 e. The molecule has 0 N–H and O–H groups in total. The van der Waals surface area contributed by atoms with Gasteiger partial charge < -0.3 is 18.6 Å². The average Bonchev–Trinajstić information content (AvgIpc) is 3.03. The molecule has 0 radical (unpaired) electrons. The molecule has 0 atom stereocenters. The van der Waals surface area contributed by atoms with Crippen molar-refractivity contribution in [2.75, 3.05) is 21.3 Å². The van der Waals surface area contributed by atoms with E-state index < -0.39 is 5.97 Å². The Hall–Kier alpha value is -3.02. The molecule has 0 aliphatic rings. The highest BCUT2D eigenvalue weighted by Gasteiger charge is 2.13. The number of pyridine rings is 1. The van der Waals surface area contributed by atoms with Crippen molar-refractivity contribution in [1.29, 1.82) is 0 Å². The predicted octanol–water partition coefficient (Wildman–Crippen LogP) is 2.81. The third kappa shape index (κ3) is 2.70. The zero-order chi connectivity index (χ0) is 16.4. The Morgan fingerprint density at radius 2 is 1.91 bits per heavy atom. The van der Waals surface area contributed by atoms with E-state index in [9.17, 15) is 4.79 Å². The summed E-state index contributed by atoms with van der Waals surface area (Å²) in [5, 5.41) is 0. The van der Waals surface area contributed by atoms with Gasteiger partial charge >= 0.3 is 5.97 Å². The molecule has 0 saturated carbocycles. The van der Waals surface area contributed by atoms with Gasteiger partial charge in [0.1, 0.15) is 17.1 Å². The van der Waals surface area contributed by atoms with Gasteiger partial charge in [0, 0.05) is 18.0 Å². The number of carbonyl (C=O) groups excluding carboxylic acids is 1. The molecule has 3 rings (SSSR count). The average molecular weight is 312 g/mol. The van der Waals surface area contributed by atoms with Gasteiger partial charge in [-0.15, -0.1) is 0 Å². The van der Waals surface area contributed by atoms with E-state index in [0.717, 1.165) is 11.3 Å². The van der Waals surface area contributed by atoms with Crippen LogP contribution in [-0.2, 0) is 4.74 Å². The highest BCUT2D eigenvalue weighted by Crippen LogP contribution is 2.33. The fraction of sp³-hybridized carbons (Fsp3) is 0.176. The second kappa shape index (κ2) is 6.00. The van der Waals surface area contributed by atoms with Crippen molar-refractivity contribution in [3.8, 4) is 22.8 Å². The molecular formula is C17H16N2O4. The van der Waals surface area contributed by atoms with Crippen molar-refractivity contribution < 1.29 is 19.0 Å². The summed E-state index contributed by atoms with van der Waals surface area (Å²) >= 11 is 0. The van der Waals surface area contributed by atoms with Crippen molar-refractivity contribution in [2.24, 2.45) is 0 Å². The Morgan fingerprint density at radius 1 is 1.09 bits per heavy atom. The lowest BCUT2D eigenvalue weighted by Crippen LogP contribution is -2.01. The van der Waals surface area contributed by atoms with Crippen LogP contribution >= 0.6 is 0 Å². The van der Waals surface area contributed by atoms with Crippen molar-refractivity contribution in [2.45, 2.75) is 0 Å². The standard InChI is InChI=1S/C17H16N2O4/c1-21-12-4-5-15(22-2)13(9-12)14-10-19-7-6-11(17(20)23-3)8-16(19)18-14/h4-10H,1-3H3. The number of esters is 1. The molecule has 2 heterocycles. The Labute approximate surface area is 133 Å². The number of rotatable bonds is 4. The molecular weight excluding hydrogens is 296 g/mol. The van der Waals surface area contributed by atoms with Crippen LogP contribution in [0.2, 0.25) is 0 Å². The molecule has 0 fully saturated rings. The zero-order valence-corrected chi connectivity index (χ0v) is 13.1. The van der Waals surface area contributed by atoms with E-state index in [1.807, 2.05) is 28.8 Å². The molecule has 23 heavy (non-hydrogen) atoms. The Balaban J connectivity index is 2.12. The summed E-state index contributed by atoms with van der Waals surface area (Å²) < 4.78 is 17.2. The van der Waals surface area contributed by atoms with Crippen LogP contribution in [0.25, 0.3) is 16.9 Å². The van der Waals surface area contributed by atoms with Gasteiger partial charge in [-0.2, -0.15) is 0 Å². The molecule has 0 saturated heterocycles. The first-order chi connectivity index (χ1) is 11.2. The molecule has 1 aromatic carbocycles. The highest BCUT2D eigenvalue weighted by atomic mass is 16.5. The summed E-state index contributed by atoms with van der Waals surface area (Å²) in [7, 11) is 4.57. The quantitative estimate of drug-likeness (QED) is 0.693. The van der Waals surface area contributed by atoms with Gasteiger partial charge in [-0.3, -0.25) is 0 Å². The minimum atomic E-state index is -0.393. The maximum atomic E-state index is 11.6. The number of ether oxygens (including phenoxy) is 3. The van der Waals surface area contributed by atoms with Gasteiger partial charge in [0.2, 0.25) is 0 Å². The number of nitrogens with zero attached hydrogens (tertiary/aromatic N) is 2. The Bertz CT molecular complexity index is 870. The van der Waals surface area contributed by atoms with Crippen LogP contribution < -0.4 is 9.47 Å². The number of carbonyl (C=O) groups is 1. The van der Waals surface area contributed by atoms with Crippen LogP contribution in [0.1, 0.15) is 10.4 Å². The molecule has 0 aliphatic heterocycles. The molecule has 0 spiro atoms. The second-order valence-electron chi connectivity index (χ2n) is 4.86. The van der Waals surface area contributed by atoms with Gasteiger partial charge in [-0.05, 0) is 30.3 Å². The van der Waals surface area contributed by atoms with Crippen LogP contribution in [0.3, 0.4) is 0 Å². The number of benzene rings is 1. The van der Waals surface area contributed by atoms with E-state index in [2.05, 4.69) is 4.98 Å². The summed E-state index contributed by atoms with van der Waals surface area (Å²) in [6.45, 7) is 0. The maximum Gasteiger partial charge on any atom is 0.338 e. The molecule has 6 heteroatoms. The predicted molar refractivity (Wildman–Crippen MR) is 85.1 cm³/mol. The number of hydrogen-bond donors (Lipinski definition) is 0. The maximum absolute atomic E-state index is 11.6. The molecule has 0 aliphatic carbocycles. The largest absolute Gasteiger partial charge is 0.497 e. The molecule has 0 amide bonds. The summed E-state index contributed by atoms with van der Waals surface area (Å²) in [6.07, 6.45) is 3.64. The van der Waals surface area contributed by atoms with Crippen molar-refractivity contribution in [3.05, 3.63) is 48.3 Å². The first-order valence-corrected chi connectivity index (χ1v) is 6.95. The van der Waals surface area contributed by atoms with Crippen molar-refractivity contribution >= 4 is 11.6 Å². The molecule has 3 aromatic rings. The lowest BCUT2D eigenvalue weighted by Gasteiger charge is -2.08. The van der Waals surface area contributed by atoms with E-state index in [1.165, 1.54) is 7.11 Å². The van der Waals surface area contributed by atoms with E-state index in [4.69, 9.17) is 14.2 Å². The van der Waals surface area contributed by atoms with Crippen LogP contribution in [0.5, 0.6) is 11.5 Å². The molecule has 6 nitrogen and oxygen atoms in total. The highest BCUT2D eigenvalue weighted by molar-refractivity contribution is 5.90. The van der Waals surface area contributed by atoms with E-state index in [1.54, 1.807) is 32.5 Å². The van der Waals surface area contributed by atoms with E-state index >= 15 is 0 Å². The number of methoxy groups -OCH3 is 3. The van der Waals surface area contributed by atoms with Crippen LogP contribution in [-0.4, -0.2) is 36.7 Å². The first kappa shape index (κ1) is 14.9. The Kier molecular flexibility index (Phi) is 3.89. The van der Waals surface area contributed by atoms with Gasteiger partial charge in [0.25, 0.3) is 0 Å². The summed E-state index contributed by atoms with van der Waals surface area (Å²) in [6, 6.07) is 8.89. The molecule has 2 aromatic heterocycles. The van der Waals surface area contributed by atoms with Gasteiger partial charge in [0.15, 0.2) is 0 Å². The van der Waals surface area contributed by atoms with E-state index in [0.29, 0.717) is 22.7 Å². The topological polar surface area (TPSA) is 62.1 Å². The summed E-state index contributed by atoms with van der Waals surface area (Å²) in [5.41, 5.74) is 2.64. The summed E-state index contributed by atoms with van der Waals surface area (Å²) in [4.78, 5) is 16.2. The van der Waals surface area contributed by atoms with Crippen LogP contribution in [0.15, 0.2) is 42.7 Å². The summed E-state index contributed by atoms with van der Waals surface area (Å²) in [5.74, 6) is 1.02. The van der Waals surface area contributed by atoms with Gasteiger partial charge in [0.05, 0.1) is 32.6 Å². The monoisotopic (exact) mass is 312 g/mol. The molecule has 118 valence electrons. The zero-order valence-electron chi connectivity index (χ0n) is 13.1. The number of fused-ring (bicyclic) bond motifs is 1. The van der Waals surface area contributed by atoms with Crippen molar-refractivity contribution in [1.82, 2.24) is 9.38 Å². The normalized spacial score (nSPS) is 10.6. The van der Waals surface area contributed by atoms with Crippen LogP contribution in [0.4, 0.5) is 0 Å². The lowest BCUT2D eigenvalue weighted by atomic mass is 10.1. The Morgan fingerprint density at radius 3 is 2.61 bits per heavy atom. The fourth-order valence-corrected chi connectivity index (χ4v) is 2.37. The van der Waals surface area contributed by atoms with Gasteiger partial charge in [-0.1, -0.05) is 0 Å². The second-order valence-corrected chi connectivity index (χ2v) is 4.86. The molecule has 0 bridgehead atoms. The van der Waals surface area contributed by atoms with Gasteiger partial charge in [-0.25, -0.2) is 9.78 Å². The molecule has 0 unspecified atom stereocenters. The third-order valence-corrected chi connectivity index (χ3v) is 3.56. The minimum absolute atomic E-state index is 0.393. The number of hydrogen-bond acceptors (Lipinski definition) is 5. The van der Waals surface area contributed by atoms with E-state index in [-0.39, 0.29) is 0 Å². The first-order valence-electron chi connectivity index (χ1n) is 6.95. The fourth-order valence-electron chi connectivity index (χ4n) is 2.37. The minimum Gasteiger partial charge on any atom is -0.497 e. The number of imidazole rings is 1. The lowest BCUT2D eigenvalue weighted by molar-refractivity contribution is 0.0600. The van der Waals surface area contributed by atoms with Crippen molar-refractivity contribution in [3.63, 3.8) is 0 Å². The SMILES string of the molecule is COC(=O)c1ccn2cc(-c3cc(OC)ccc3OC)nc2c1.